The number of aliphatic hydroxyl groups is 1. The van der Waals surface area contributed by atoms with E-state index in [1.807, 2.05) is 24.3 Å². The van der Waals surface area contributed by atoms with Gasteiger partial charge < -0.3 is 20.1 Å². The van der Waals surface area contributed by atoms with Crippen LogP contribution in [0.1, 0.15) is 18.5 Å². The Morgan fingerprint density at radius 3 is 2.79 bits per heavy atom. The van der Waals surface area contributed by atoms with E-state index in [1.165, 1.54) is 5.56 Å². The van der Waals surface area contributed by atoms with Crippen LogP contribution in [0.5, 0.6) is 5.75 Å². The van der Waals surface area contributed by atoms with Crippen LogP contribution in [0.3, 0.4) is 0 Å². The molecule has 2 aromatic rings. The first-order valence-corrected chi connectivity index (χ1v) is 8.65. The number of ether oxygens (including phenoxy) is 1. The number of aliphatic hydroxyl groups excluding tert-OH is 1. The zero-order valence-corrected chi connectivity index (χ0v) is 14.5. The minimum absolute atomic E-state index is 0.252. The molecule has 2 aromatic carbocycles. The highest BCUT2D eigenvalue weighted by Gasteiger charge is 2.25. The normalized spacial score (nSPS) is 19.1. The largest absolute Gasteiger partial charge is 0.491 e. The number of piperazine rings is 1. The maximum absolute atomic E-state index is 9.33. The molecular weight excluding hydrogens is 324 g/mol. The van der Waals surface area contributed by atoms with Gasteiger partial charge in [-0.25, -0.2) is 0 Å². The summed E-state index contributed by atoms with van der Waals surface area (Å²) in [6, 6.07) is 16.5. The average Bonchev–Trinajstić information content (AvgIpc) is 2.61. The topological polar surface area (TPSA) is 44.7 Å². The van der Waals surface area contributed by atoms with Crippen molar-refractivity contribution in [2.24, 2.45) is 0 Å². The van der Waals surface area contributed by atoms with Gasteiger partial charge >= 0.3 is 0 Å². The van der Waals surface area contributed by atoms with Gasteiger partial charge in [-0.3, -0.25) is 0 Å². The van der Waals surface area contributed by atoms with Gasteiger partial charge in [-0.05, 0) is 24.6 Å². The van der Waals surface area contributed by atoms with Crippen LogP contribution >= 0.6 is 11.6 Å². The number of nitrogens with one attached hydrogen (secondary N) is 1. The lowest BCUT2D eigenvalue weighted by atomic mass is 10.0. The molecule has 1 heterocycles. The van der Waals surface area contributed by atoms with Gasteiger partial charge in [0.25, 0.3) is 0 Å². The standard InChI is InChI=1S/C19H23ClN2O2/c1-14(23)13-24-16-7-8-18(17(20)11-16)22-10-9-21-12-19(22)15-5-3-2-4-6-15/h2-8,11,14,19,21,23H,9-10,12-13H2,1H3/t14-,19+/m1/s1. The number of nitrogens with zero attached hydrogens (tertiary/aromatic N) is 1. The summed E-state index contributed by atoms with van der Waals surface area (Å²) in [6.45, 7) is 4.67. The number of rotatable bonds is 5. The third-order valence-corrected chi connectivity index (χ3v) is 4.45. The predicted molar refractivity (Wildman–Crippen MR) is 98.0 cm³/mol. The Balaban J connectivity index is 1.83. The van der Waals surface area contributed by atoms with Crippen molar-refractivity contribution in [3.63, 3.8) is 0 Å². The van der Waals surface area contributed by atoms with Gasteiger partial charge in [0.05, 0.1) is 22.9 Å². The Kier molecular flexibility index (Phi) is 5.61. The molecule has 0 bridgehead atoms. The van der Waals surface area contributed by atoms with Crippen molar-refractivity contribution < 1.29 is 9.84 Å². The van der Waals surface area contributed by atoms with Crippen molar-refractivity contribution in [2.45, 2.75) is 19.1 Å². The molecule has 5 heteroatoms. The minimum Gasteiger partial charge on any atom is -0.491 e. The smallest absolute Gasteiger partial charge is 0.121 e. The molecule has 0 amide bonds. The maximum atomic E-state index is 9.33. The van der Waals surface area contributed by atoms with Crippen molar-refractivity contribution in [2.75, 3.05) is 31.1 Å². The number of hydrogen-bond donors (Lipinski definition) is 2. The predicted octanol–water partition coefficient (Wildman–Crippen LogP) is 3.25. The molecule has 24 heavy (non-hydrogen) atoms. The number of halogens is 1. The second kappa shape index (κ2) is 7.88. The zero-order valence-electron chi connectivity index (χ0n) is 13.8. The Hall–Kier alpha value is -1.75. The summed E-state index contributed by atoms with van der Waals surface area (Å²) in [5.41, 5.74) is 2.28. The van der Waals surface area contributed by atoms with Gasteiger partial charge in [-0.1, -0.05) is 41.9 Å². The van der Waals surface area contributed by atoms with Gasteiger partial charge in [-0.15, -0.1) is 0 Å². The highest BCUT2D eigenvalue weighted by atomic mass is 35.5. The molecule has 0 radical (unpaired) electrons. The van der Waals surface area contributed by atoms with Crippen molar-refractivity contribution in [3.05, 3.63) is 59.1 Å². The summed E-state index contributed by atoms with van der Waals surface area (Å²) in [6.07, 6.45) is -0.501. The molecule has 0 saturated carbocycles. The Bertz CT molecular complexity index is 664. The van der Waals surface area contributed by atoms with Crippen molar-refractivity contribution >= 4 is 17.3 Å². The summed E-state index contributed by atoms with van der Waals surface area (Å²) in [7, 11) is 0. The molecule has 0 aliphatic carbocycles. The fourth-order valence-corrected chi connectivity index (χ4v) is 3.27. The van der Waals surface area contributed by atoms with Gasteiger partial charge in [0.1, 0.15) is 12.4 Å². The molecule has 1 saturated heterocycles. The lowest BCUT2D eigenvalue weighted by Gasteiger charge is -2.38. The Morgan fingerprint density at radius 1 is 1.29 bits per heavy atom. The highest BCUT2D eigenvalue weighted by Crippen LogP contribution is 2.35. The zero-order chi connectivity index (χ0) is 16.9. The van der Waals surface area contributed by atoms with E-state index < -0.39 is 6.10 Å². The maximum Gasteiger partial charge on any atom is 0.121 e. The van der Waals surface area contributed by atoms with Crippen LogP contribution in [0.25, 0.3) is 0 Å². The van der Waals surface area contributed by atoms with Crippen LogP contribution in [-0.2, 0) is 0 Å². The van der Waals surface area contributed by atoms with Crippen LogP contribution in [0, 0.1) is 0 Å². The molecule has 0 aromatic heterocycles. The van der Waals surface area contributed by atoms with E-state index in [-0.39, 0.29) is 12.6 Å². The van der Waals surface area contributed by atoms with E-state index in [1.54, 1.807) is 6.92 Å². The third-order valence-electron chi connectivity index (χ3n) is 4.15. The van der Waals surface area contributed by atoms with Crippen LogP contribution in [0.4, 0.5) is 5.69 Å². The second-order valence-corrected chi connectivity index (χ2v) is 6.50. The first-order valence-electron chi connectivity index (χ1n) is 8.28. The molecule has 3 rings (SSSR count). The SMILES string of the molecule is C[C@@H](O)COc1ccc(N2CCNC[C@H]2c2ccccc2)c(Cl)c1. The molecule has 1 aliphatic heterocycles. The third kappa shape index (κ3) is 4.01. The molecule has 1 fully saturated rings. The van der Waals surface area contributed by atoms with Gasteiger partial charge in [0.2, 0.25) is 0 Å². The summed E-state index contributed by atoms with van der Waals surface area (Å²) < 4.78 is 5.54. The van der Waals surface area contributed by atoms with Crippen molar-refractivity contribution in [1.29, 1.82) is 0 Å². The summed E-state index contributed by atoms with van der Waals surface area (Å²) in [5.74, 6) is 0.677. The van der Waals surface area contributed by atoms with E-state index in [0.717, 1.165) is 25.3 Å². The van der Waals surface area contributed by atoms with Gasteiger partial charge in [0.15, 0.2) is 0 Å². The molecule has 128 valence electrons. The first kappa shape index (κ1) is 17.1. The van der Waals surface area contributed by atoms with E-state index in [4.69, 9.17) is 16.3 Å². The van der Waals surface area contributed by atoms with E-state index in [0.29, 0.717) is 10.8 Å². The average molecular weight is 347 g/mol. The van der Waals surface area contributed by atoms with Gasteiger partial charge in [-0.2, -0.15) is 0 Å². The molecule has 2 N–H and O–H groups in total. The fraction of sp³-hybridized carbons (Fsp3) is 0.368. The van der Waals surface area contributed by atoms with Crippen LogP contribution in [0.15, 0.2) is 48.5 Å². The van der Waals surface area contributed by atoms with Crippen molar-refractivity contribution in [3.8, 4) is 5.75 Å². The molecular formula is C19H23ClN2O2. The molecule has 1 aliphatic rings. The monoisotopic (exact) mass is 346 g/mol. The summed E-state index contributed by atoms with van der Waals surface area (Å²) in [5, 5.41) is 13.5. The fourth-order valence-electron chi connectivity index (χ4n) is 2.99. The van der Waals surface area contributed by atoms with Crippen LogP contribution in [0.2, 0.25) is 5.02 Å². The molecule has 2 atom stereocenters. The van der Waals surface area contributed by atoms with Gasteiger partial charge in [0, 0.05) is 25.7 Å². The van der Waals surface area contributed by atoms with Crippen LogP contribution in [-0.4, -0.2) is 37.5 Å². The second-order valence-electron chi connectivity index (χ2n) is 6.10. The number of benzene rings is 2. The van der Waals surface area contributed by atoms with Crippen LogP contribution < -0.4 is 15.0 Å². The van der Waals surface area contributed by atoms with E-state index in [9.17, 15) is 5.11 Å². The summed E-state index contributed by atoms with van der Waals surface area (Å²) >= 11 is 6.53. The number of anilines is 1. The lowest BCUT2D eigenvalue weighted by molar-refractivity contribution is 0.123. The highest BCUT2D eigenvalue weighted by molar-refractivity contribution is 6.33. The van der Waals surface area contributed by atoms with E-state index in [2.05, 4.69) is 34.5 Å². The molecule has 4 nitrogen and oxygen atoms in total. The minimum atomic E-state index is -0.501. The summed E-state index contributed by atoms with van der Waals surface area (Å²) in [4.78, 5) is 2.34. The van der Waals surface area contributed by atoms with E-state index >= 15 is 0 Å². The molecule has 0 spiro atoms. The Labute approximate surface area is 148 Å². The quantitative estimate of drug-likeness (QED) is 0.872. The van der Waals surface area contributed by atoms with Crippen molar-refractivity contribution in [1.82, 2.24) is 5.32 Å². The lowest BCUT2D eigenvalue weighted by Crippen LogP contribution is -2.46. The molecule has 0 unspecified atom stereocenters. The first-order chi connectivity index (χ1) is 11.6. The Morgan fingerprint density at radius 2 is 2.08 bits per heavy atom. The number of hydrogen-bond acceptors (Lipinski definition) is 4.